The van der Waals surface area contributed by atoms with Crippen LogP contribution in [0.4, 0.5) is 0 Å². The molecule has 0 aliphatic carbocycles. The molecule has 0 unspecified atom stereocenters. The molecule has 6 heteroatoms. The number of nitrogens with zero attached hydrogens (tertiary/aromatic N) is 3. The van der Waals surface area contributed by atoms with Crippen molar-refractivity contribution < 1.29 is 14.9 Å². The average Bonchev–Trinajstić information content (AvgIpc) is 2.60. The lowest BCUT2D eigenvalue weighted by molar-refractivity contribution is 0.201. The second kappa shape index (κ2) is 7.27. The van der Waals surface area contributed by atoms with E-state index in [4.69, 9.17) is 9.84 Å². The minimum atomic E-state index is -0.0857. The van der Waals surface area contributed by atoms with Crippen LogP contribution in [0.15, 0.2) is 42.5 Å². The van der Waals surface area contributed by atoms with Crippen LogP contribution in [0.25, 0.3) is 22.5 Å². The highest BCUT2D eigenvalue weighted by Crippen LogP contribution is 2.32. The molecule has 0 amide bonds. The summed E-state index contributed by atoms with van der Waals surface area (Å²) in [6.07, 6.45) is 0. The van der Waals surface area contributed by atoms with Gasteiger partial charge in [0, 0.05) is 17.2 Å². The molecule has 0 saturated heterocycles. The van der Waals surface area contributed by atoms with Gasteiger partial charge in [0.1, 0.15) is 23.8 Å². The van der Waals surface area contributed by atoms with E-state index in [2.05, 4.69) is 21.5 Å². The Balaban J connectivity index is 1.96. The van der Waals surface area contributed by atoms with Crippen molar-refractivity contribution in [2.75, 3.05) is 13.2 Å². The van der Waals surface area contributed by atoms with Gasteiger partial charge in [0.15, 0.2) is 0 Å². The van der Waals surface area contributed by atoms with E-state index in [1.807, 2.05) is 26.0 Å². The number of rotatable bonds is 5. The third-order valence-corrected chi connectivity index (χ3v) is 3.84. The first-order chi connectivity index (χ1) is 12.1. The zero-order valence-electron chi connectivity index (χ0n) is 14.1. The molecule has 2 aromatic carbocycles. The molecule has 0 aliphatic heterocycles. The maximum Gasteiger partial charge on any atom is 0.128 e. The maximum atomic E-state index is 10.3. The monoisotopic (exact) mass is 337 g/mol. The lowest BCUT2D eigenvalue weighted by atomic mass is 10.0. The second-order valence-corrected chi connectivity index (χ2v) is 5.77. The van der Waals surface area contributed by atoms with Crippen LogP contribution in [0.2, 0.25) is 0 Å². The lowest BCUT2D eigenvalue weighted by Crippen LogP contribution is -2.01. The third kappa shape index (κ3) is 3.75. The molecule has 3 rings (SSSR count). The van der Waals surface area contributed by atoms with Gasteiger partial charge in [0.25, 0.3) is 0 Å². The Bertz CT molecular complexity index is 897. The van der Waals surface area contributed by atoms with Gasteiger partial charge in [-0.15, -0.1) is 10.2 Å². The highest BCUT2D eigenvalue weighted by molar-refractivity contribution is 5.73. The number of ether oxygens (including phenoxy) is 1. The molecular weight excluding hydrogens is 318 g/mol. The Morgan fingerprint density at radius 2 is 1.64 bits per heavy atom. The molecule has 0 bridgehead atoms. The van der Waals surface area contributed by atoms with Gasteiger partial charge in [0.2, 0.25) is 0 Å². The molecule has 0 saturated carbocycles. The van der Waals surface area contributed by atoms with Crippen molar-refractivity contribution in [2.24, 2.45) is 0 Å². The van der Waals surface area contributed by atoms with Crippen molar-refractivity contribution in [3.05, 3.63) is 53.6 Å². The first-order valence-corrected chi connectivity index (χ1v) is 7.93. The summed E-state index contributed by atoms with van der Waals surface area (Å²) in [7, 11) is 0. The highest BCUT2D eigenvalue weighted by atomic mass is 16.5. The zero-order chi connectivity index (χ0) is 17.8. The first kappa shape index (κ1) is 16.9. The van der Waals surface area contributed by atoms with Crippen LogP contribution in [0.5, 0.6) is 11.5 Å². The number of aliphatic hydroxyl groups excluding tert-OH is 1. The van der Waals surface area contributed by atoms with Gasteiger partial charge in [0.05, 0.1) is 12.3 Å². The van der Waals surface area contributed by atoms with Gasteiger partial charge < -0.3 is 14.9 Å². The fraction of sp³-hybridized carbons (Fsp3) is 0.211. The Labute approximate surface area is 145 Å². The Morgan fingerprint density at radius 1 is 0.920 bits per heavy atom. The summed E-state index contributed by atoms with van der Waals surface area (Å²) in [5.74, 6) is 0.509. The molecule has 0 spiro atoms. The van der Waals surface area contributed by atoms with Crippen molar-refractivity contribution in [2.45, 2.75) is 13.8 Å². The van der Waals surface area contributed by atoms with Gasteiger partial charge in [-0.3, -0.25) is 0 Å². The summed E-state index contributed by atoms with van der Waals surface area (Å²) in [5, 5.41) is 31.1. The Kier molecular flexibility index (Phi) is 4.90. The molecule has 6 nitrogen and oxygen atoms in total. The SMILES string of the molecule is Cc1ccc(-c2cc(-c3ccc(OCCO)cc3O)nnn2)c(C)c1. The predicted octanol–water partition coefficient (Wildman–Crippen LogP) is 2.90. The van der Waals surface area contributed by atoms with E-state index >= 15 is 0 Å². The molecule has 0 radical (unpaired) electrons. The number of aliphatic hydroxyl groups is 1. The van der Waals surface area contributed by atoms with Gasteiger partial charge in [-0.2, -0.15) is 0 Å². The Morgan fingerprint density at radius 3 is 2.32 bits per heavy atom. The highest BCUT2D eigenvalue weighted by Gasteiger charge is 2.12. The number of hydrogen-bond acceptors (Lipinski definition) is 6. The number of phenolic OH excluding ortho intramolecular Hbond substituents is 1. The zero-order valence-corrected chi connectivity index (χ0v) is 14.1. The minimum Gasteiger partial charge on any atom is -0.507 e. The summed E-state index contributed by atoms with van der Waals surface area (Å²) < 4.78 is 5.29. The molecule has 128 valence electrons. The normalized spacial score (nSPS) is 10.7. The smallest absolute Gasteiger partial charge is 0.128 e. The first-order valence-electron chi connectivity index (χ1n) is 7.93. The standard InChI is InChI=1S/C19H19N3O3/c1-12-3-5-15(13(2)9-12)17-11-18(21-22-20-17)16-6-4-14(10-19(16)24)25-8-7-23/h3-6,9-11,23-24H,7-8H2,1-2H3. The summed E-state index contributed by atoms with van der Waals surface area (Å²) in [4.78, 5) is 0. The van der Waals surface area contributed by atoms with E-state index in [9.17, 15) is 5.11 Å². The van der Waals surface area contributed by atoms with Crippen LogP contribution in [-0.4, -0.2) is 38.8 Å². The second-order valence-electron chi connectivity index (χ2n) is 5.77. The lowest BCUT2D eigenvalue weighted by Gasteiger charge is -2.09. The molecule has 0 fully saturated rings. The van der Waals surface area contributed by atoms with Gasteiger partial charge in [-0.1, -0.05) is 23.8 Å². The number of aromatic nitrogens is 3. The van der Waals surface area contributed by atoms with Crippen LogP contribution in [0.3, 0.4) is 0 Å². The molecule has 2 N–H and O–H groups in total. The summed E-state index contributed by atoms with van der Waals surface area (Å²) in [5.41, 5.74) is 5.02. The van der Waals surface area contributed by atoms with E-state index in [-0.39, 0.29) is 19.0 Å². The van der Waals surface area contributed by atoms with E-state index < -0.39 is 0 Å². The van der Waals surface area contributed by atoms with Crippen LogP contribution in [0, 0.1) is 13.8 Å². The van der Waals surface area contributed by atoms with E-state index in [0.717, 1.165) is 11.1 Å². The number of benzene rings is 2. The average molecular weight is 337 g/mol. The fourth-order valence-corrected chi connectivity index (χ4v) is 2.65. The topological polar surface area (TPSA) is 88.4 Å². The molecule has 0 aliphatic rings. The molecular formula is C19H19N3O3. The predicted molar refractivity (Wildman–Crippen MR) is 94.4 cm³/mol. The number of aromatic hydroxyl groups is 1. The van der Waals surface area contributed by atoms with Crippen molar-refractivity contribution in [1.82, 2.24) is 15.4 Å². The number of hydrogen-bond donors (Lipinski definition) is 2. The molecule has 25 heavy (non-hydrogen) atoms. The van der Waals surface area contributed by atoms with E-state index in [0.29, 0.717) is 22.7 Å². The van der Waals surface area contributed by atoms with Crippen LogP contribution >= 0.6 is 0 Å². The number of aryl methyl sites for hydroxylation is 2. The third-order valence-electron chi connectivity index (χ3n) is 3.84. The van der Waals surface area contributed by atoms with E-state index in [1.54, 1.807) is 18.2 Å². The molecule has 3 aromatic rings. The van der Waals surface area contributed by atoms with Crippen molar-refractivity contribution in [3.63, 3.8) is 0 Å². The number of phenols is 1. The van der Waals surface area contributed by atoms with Gasteiger partial charge in [-0.05, 0) is 42.8 Å². The molecule has 0 atom stereocenters. The van der Waals surface area contributed by atoms with Crippen molar-refractivity contribution in [3.8, 4) is 34.0 Å². The summed E-state index contributed by atoms with van der Waals surface area (Å²) in [6.45, 7) is 4.15. The molecule has 1 heterocycles. The van der Waals surface area contributed by atoms with Crippen LogP contribution < -0.4 is 4.74 Å². The van der Waals surface area contributed by atoms with Crippen LogP contribution in [-0.2, 0) is 0 Å². The summed E-state index contributed by atoms with van der Waals surface area (Å²) >= 11 is 0. The van der Waals surface area contributed by atoms with Crippen molar-refractivity contribution >= 4 is 0 Å². The quantitative estimate of drug-likeness (QED) is 0.744. The van der Waals surface area contributed by atoms with Crippen LogP contribution in [0.1, 0.15) is 11.1 Å². The minimum absolute atomic E-state index is 0.0301. The maximum absolute atomic E-state index is 10.3. The fourth-order valence-electron chi connectivity index (χ4n) is 2.65. The van der Waals surface area contributed by atoms with Gasteiger partial charge >= 0.3 is 0 Å². The van der Waals surface area contributed by atoms with Crippen molar-refractivity contribution in [1.29, 1.82) is 0 Å². The summed E-state index contributed by atoms with van der Waals surface area (Å²) in [6, 6.07) is 12.8. The largest absolute Gasteiger partial charge is 0.507 e. The van der Waals surface area contributed by atoms with E-state index in [1.165, 1.54) is 11.6 Å². The van der Waals surface area contributed by atoms with Gasteiger partial charge in [-0.25, -0.2) is 0 Å². The molecule has 1 aromatic heterocycles. The Hall–Kier alpha value is -2.99.